The SMILES string of the molecule is COCC(N)C(=O)N1CC(c2ccc(F)cc2)CC1C. The van der Waals surface area contributed by atoms with Gasteiger partial charge in [0, 0.05) is 25.6 Å². The van der Waals surface area contributed by atoms with Gasteiger partial charge in [-0.15, -0.1) is 0 Å². The average molecular weight is 280 g/mol. The van der Waals surface area contributed by atoms with Gasteiger partial charge in [-0.25, -0.2) is 4.39 Å². The average Bonchev–Trinajstić information content (AvgIpc) is 2.81. The lowest BCUT2D eigenvalue weighted by Crippen LogP contribution is -2.47. The van der Waals surface area contributed by atoms with Crippen molar-refractivity contribution in [1.82, 2.24) is 4.90 Å². The van der Waals surface area contributed by atoms with Gasteiger partial charge in [0.2, 0.25) is 5.91 Å². The fraction of sp³-hybridized carbons (Fsp3) is 0.533. The van der Waals surface area contributed by atoms with Gasteiger partial charge in [0.05, 0.1) is 6.61 Å². The molecule has 1 amide bonds. The van der Waals surface area contributed by atoms with E-state index in [4.69, 9.17) is 10.5 Å². The first-order chi connectivity index (χ1) is 9.52. The predicted molar refractivity (Wildman–Crippen MR) is 74.8 cm³/mol. The Morgan fingerprint density at radius 3 is 2.75 bits per heavy atom. The van der Waals surface area contributed by atoms with Crippen LogP contribution < -0.4 is 5.73 Å². The summed E-state index contributed by atoms with van der Waals surface area (Å²) in [6.07, 6.45) is 0.872. The Morgan fingerprint density at radius 1 is 1.50 bits per heavy atom. The highest BCUT2D eigenvalue weighted by molar-refractivity contribution is 5.82. The summed E-state index contributed by atoms with van der Waals surface area (Å²) in [6.45, 7) is 2.87. The molecule has 0 bridgehead atoms. The minimum atomic E-state index is -0.616. The number of halogens is 1. The van der Waals surface area contributed by atoms with Crippen LogP contribution in [0.4, 0.5) is 4.39 Å². The summed E-state index contributed by atoms with van der Waals surface area (Å²) in [4.78, 5) is 14.0. The number of rotatable bonds is 4. The summed E-state index contributed by atoms with van der Waals surface area (Å²) in [5.74, 6) is -0.0805. The van der Waals surface area contributed by atoms with E-state index < -0.39 is 6.04 Å². The number of nitrogens with two attached hydrogens (primary N) is 1. The molecule has 1 saturated heterocycles. The predicted octanol–water partition coefficient (Wildman–Crippen LogP) is 1.50. The Morgan fingerprint density at radius 2 is 2.15 bits per heavy atom. The molecule has 0 spiro atoms. The van der Waals surface area contributed by atoms with Crippen LogP contribution in [0.1, 0.15) is 24.8 Å². The zero-order valence-electron chi connectivity index (χ0n) is 11.9. The van der Waals surface area contributed by atoms with Crippen molar-refractivity contribution in [3.63, 3.8) is 0 Å². The molecule has 1 aromatic carbocycles. The highest BCUT2D eigenvalue weighted by atomic mass is 19.1. The molecule has 1 aliphatic heterocycles. The second kappa shape index (κ2) is 6.33. The Balaban J connectivity index is 2.05. The quantitative estimate of drug-likeness (QED) is 0.909. The number of methoxy groups -OCH3 is 1. The maximum Gasteiger partial charge on any atom is 0.242 e. The van der Waals surface area contributed by atoms with E-state index in [-0.39, 0.29) is 30.3 Å². The van der Waals surface area contributed by atoms with Gasteiger partial charge in [0.25, 0.3) is 0 Å². The van der Waals surface area contributed by atoms with E-state index in [1.165, 1.54) is 19.2 Å². The Labute approximate surface area is 118 Å². The number of hydrogen-bond donors (Lipinski definition) is 1. The van der Waals surface area contributed by atoms with E-state index in [0.29, 0.717) is 6.54 Å². The molecule has 20 heavy (non-hydrogen) atoms. The molecule has 1 aromatic rings. The summed E-state index contributed by atoms with van der Waals surface area (Å²) < 4.78 is 17.9. The van der Waals surface area contributed by atoms with Gasteiger partial charge in [-0.1, -0.05) is 12.1 Å². The number of carbonyl (C=O) groups is 1. The number of amides is 1. The van der Waals surface area contributed by atoms with Crippen molar-refractivity contribution in [2.75, 3.05) is 20.3 Å². The molecule has 0 saturated carbocycles. The molecule has 1 fully saturated rings. The number of carbonyl (C=O) groups excluding carboxylic acids is 1. The van der Waals surface area contributed by atoms with Crippen molar-refractivity contribution in [3.05, 3.63) is 35.6 Å². The van der Waals surface area contributed by atoms with Crippen molar-refractivity contribution in [2.24, 2.45) is 5.73 Å². The Hall–Kier alpha value is -1.46. The van der Waals surface area contributed by atoms with E-state index in [1.54, 1.807) is 17.0 Å². The van der Waals surface area contributed by atoms with Gasteiger partial charge in [0.1, 0.15) is 11.9 Å². The normalized spacial score (nSPS) is 23.9. The largest absolute Gasteiger partial charge is 0.383 e. The van der Waals surface area contributed by atoms with Gasteiger partial charge in [-0.05, 0) is 31.0 Å². The molecule has 0 radical (unpaired) electrons. The van der Waals surface area contributed by atoms with Gasteiger partial charge >= 0.3 is 0 Å². The fourth-order valence-electron chi connectivity index (χ4n) is 2.78. The van der Waals surface area contributed by atoms with Gasteiger partial charge in [-0.2, -0.15) is 0 Å². The summed E-state index contributed by atoms with van der Waals surface area (Å²) in [7, 11) is 1.53. The molecule has 5 heteroatoms. The molecule has 1 aliphatic rings. The molecule has 110 valence electrons. The molecule has 2 N–H and O–H groups in total. The van der Waals surface area contributed by atoms with Crippen molar-refractivity contribution < 1.29 is 13.9 Å². The summed E-state index contributed by atoms with van der Waals surface area (Å²) in [5.41, 5.74) is 6.87. The number of ether oxygens (including phenoxy) is 1. The van der Waals surface area contributed by atoms with Gasteiger partial charge in [0.15, 0.2) is 0 Å². The third kappa shape index (κ3) is 3.16. The van der Waals surface area contributed by atoms with Crippen LogP contribution in [0, 0.1) is 5.82 Å². The molecular weight excluding hydrogens is 259 g/mol. The maximum atomic E-state index is 13.0. The van der Waals surface area contributed by atoms with Crippen LogP contribution in [0.5, 0.6) is 0 Å². The molecule has 3 atom stereocenters. The zero-order chi connectivity index (χ0) is 14.7. The van der Waals surface area contributed by atoms with Crippen LogP contribution >= 0.6 is 0 Å². The van der Waals surface area contributed by atoms with Crippen molar-refractivity contribution >= 4 is 5.91 Å². The lowest BCUT2D eigenvalue weighted by molar-refractivity contribution is -0.134. The highest BCUT2D eigenvalue weighted by Gasteiger charge is 2.35. The topological polar surface area (TPSA) is 55.6 Å². The van der Waals surface area contributed by atoms with Crippen LogP contribution in [0.2, 0.25) is 0 Å². The molecule has 2 rings (SSSR count). The molecular formula is C15H21FN2O2. The second-order valence-electron chi connectivity index (χ2n) is 5.39. The minimum absolute atomic E-state index is 0.0797. The lowest BCUT2D eigenvalue weighted by atomic mass is 9.97. The van der Waals surface area contributed by atoms with E-state index in [2.05, 4.69) is 0 Å². The molecule has 0 aliphatic carbocycles. The van der Waals surface area contributed by atoms with Gasteiger partial charge < -0.3 is 15.4 Å². The van der Waals surface area contributed by atoms with Crippen LogP contribution in [-0.2, 0) is 9.53 Å². The van der Waals surface area contributed by atoms with Crippen molar-refractivity contribution in [1.29, 1.82) is 0 Å². The van der Waals surface area contributed by atoms with Crippen LogP contribution in [-0.4, -0.2) is 43.2 Å². The summed E-state index contributed by atoms with van der Waals surface area (Å²) in [6, 6.07) is 6.02. The highest BCUT2D eigenvalue weighted by Crippen LogP contribution is 2.31. The summed E-state index contributed by atoms with van der Waals surface area (Å²) >= 11 is 0. The third-order valence-corrected chi connectivity index (χ3v) is 3.86. The summed E-state index contributed by atoms with van der Waals surface area (Å²) in [5, 5.41) is 0. The first-order valence-corrected chi connectivity index (χ1v) is 6.83. The third-order valence-electron chi connectivity index (χ3n) is 3.86. The van der Waals surface area contributed by atoms with Crippen LogP contribution in [0.25, 0.3) is 0 Å². The smallest absolute Gasteiger partial charge is 0.242 e. The second-order valence-corrected chi connectivity index (χ2v) is 5.39. The van der Waals surface area contributed by atoms with Crippen LogP contribution in [0.3, 0.4) is 0 Å². The Kier molecular flexibility index (Phi) is 4.73. The van der Waals surface area contributed by atoms with Crippen LogP contribution in [0.15, 0.2) is 24.3 Å². The lowest BCUT2D eigenvalue weighted by Gasteiger charge is -2.24. The van der Waals surface area contributed by atoms with Crippen molar-refractivity contribution in [2.45, 2.75) is 31.3 Å². The van der Waals surface area contributed by atoms with E-state index in [9.17, 15) is 9.18 Å². The molecule has 4 nitrogen and oxygen atoms in total. The van der Waals surface area contributed by atoms with E-state index >= 15 is 0 Å². The molecule has 3 unspecified atom stereocenters. The number of likely N-dealkylation sites (tertiary alicyclic amines) is 1. The first kappa shape index (κ1) is 14.9. The Bertz CT molecular complexity index is 463. The van der Waals surface area contributed by atoms with E-state index in [1.807, 2.05) is 6.92 Å². The number of nitrogens with zero attached hydrogens (tertiary/aromatic N) is 1. The first-order valence-electron chi connectivity index (χ1n) is 6.83. The van der Waals surface area contributed by atoms with Crippen molar-refractivity contribution in [3.8, 4) is 0 Å². The molecule has 1 heterocycles. The van der Waals surface area contributed by atoms with Gasteiger partial charge in [-0.3, -0.25) is 4.79 Å². The minimum Gasteiger partial charge on any atom is -0.383 e. The monoisotopic (exact) mass is 280 g/mol. The zero-order valence-corrected chi connectivity index (χ0v) is 11.9. The van der Waals surface area contributed by atoms with E-state index in [0.717, 1.165) is 12.0 Å². The fourth-order valence-corrected chi connectivity index (χ4v) is 2.78. The number of hydrogen-bond acceptors (Lipinski definition) is 3. The maximum absolute atomic E-state index is 13.0. The standard InChI is InChI=1S/C15H21FN2O2/c1-10-7-12(11-3-5-13(16)6-4-11)8-18(10)15(19)14(17)9-20-2/h3-6,10,12,14H,7-9,17H2,1-2H3. The molecule has 0 aromatic heterocycles. The number of benzene rings is 1.